The molecule has 3 heterocycles. The fourth-order valence-corrected chi connectivity index (χ4v) is 3.01. The monoisotopic (exact) mass is 246 g/mol. The van der Waals surface area contributed by atoms with Gasteiger partial charge in [0.1, 0.15) is 10.8 Å². The molecule has 0 bridgehead atoms. The molecule has 0 aliphatic carbocycles. The average Bonchev–Trinajstić information content (AvgIpc) is 2.86. The molecule has 5 heteroatoms. The van der Waals surface area contributed by atoms with E-state index in [1.165, 1.54) is 5.56 Å². The van der Waals surface area contributed by atoms with E-state index in [4.69, 9.17) is 0 Å². The molecule has 0 radical (unpaired) electrons. The normalized spacial score (nSPS) is 18.5. The van der Waals surface area contributed by atoms with E-state index in [0.29, 0.717) is 0 Å². The van der Waals surface area contributed by atoms with Crippen LogP contribution in [0.1, 0.15) is 29.1 Å². The Hall–Kier alpha value is -1.62. The Kier molecular flexibility index (Phi) is 2.29. The number of hydrogen-bond donors (Lipinski definition) is 1. The van der Waals surface area contributed by atoms with Crippen LogP contribution < -0.4 is 5.32 Å². The maximum atomic E-state index is 4.59. The van der Waals surface area contributed by atoms with Crippen molar-refractivity contribution in [3.63, 3.8) is 0 Å². The van der Waals surface area contributed by atoms with E-state index in [2.05, 4.69) is 33.8 Å². The number of allylic oxidation sites excluding steroid dienone is 2. The van der Waals surface area contributed by atoms with Gasteiger partial charge in [0.2, 0.25) is 0 Å². The Morgan fingerprint density at radius 3 is 2.94 bits per heavy atom. The lowest BCUT2D eigenvalue weighted by Gasteiger charge is -2.20. The lowest BCUT2D eigenvalue weighted by molar-refractivity contribution is 0.771. The van der Waals surface area contributed by atoms with Crippen LogP contribution in [0.5, 0.6) is 0 Å². The predicted molar refractivity (Wildman–Crippen MR) is 69.3 cm³/mol. The number of aromatic nitrogens is 3. The summed E-state index contributed by atoms with van der Waals surface area (Å²) in [6.45, 7) is 4.10. The standard InChI is InChI=1S/C12H14N4S/c1-7-4-9(12-15-8(2)6-17-12)10-5-13-16(3)11(10)14-7/h4-6,9,14H,1-3H3. The van der Waals surface area contributed by atoms with Crippen LogP contribution in [-0.4, -0.2) is 14.8 Å². The molecule has 1 atom stereocenters. The quantitative estimate of drug-likeness (QED) is 0.841. The summed E-state index contributed by atoms with van der Waals surface area (Å²) >= 11 is 1.71. The van der Waals surface area contributed by atoms with E-state index in [1.807, 2.05) is 24.9 Å². The van der Waals surface area contributed by atoms with Crippen LogP contribution in [0.4, 0.5) is 5.82 Å². The van der Waals surface area contributed by atoms with Crippen LogP contribution in [0.2, 0.25) is 0 Å². The van der Waals surface area contributed by atoms with Crippen LogP contribution in [0.15, 0.2) is 23.3 Å². The van der Waals surface area contributed by atoms with Crippen LogP contribution in [0, 0.1) is 6.92 Å². The third-order valence-corrected chi connectivity index (χ3v) is 3.98. The van der Waals surface area contributed by atoms with Crippen LogP contribution in [0.25, 0.3) is 0 Å². The second kappa shape index (κ2) is 3.70. The molecule has 17 heavy (non-hydrogen) atoms. The first-order valence-electron chi connectivity index (χ1n) is 5.54. The van der Waals surface area contributed by atoms with E-state index >= 15 is 0 Å². The van der Waals surface area contributed by atoms with Gasteiger partial charge in [0.15, 0.2) is 0 Å². The van der Waals surface area contributed by atoms with Crippen molar-refractivity contribution in [2.45, 2.75) is 19.8 Å². The largest absolute Gasteiger partial charge is 0.344 e. The fourth-order valence-electron chi connectivity index (χ4n) is 2.12. The summed E-state index contributed by atoms with van der Waals surface area (Å²) in [6.07, 6.45) is 4.13. The highest BCUT2D eigenvalue weighted by atomic mass is 32.1. The lowest BCUT2D eigenvalue weighted by atomic mass is 9.98. The van der Waals surface area contributed by atoms with E-state index in [9.17, 15) is 0 Å². The molecule has 0 spiro atoms. The van der Waals surface area contributed by atoms with E-state index in [1.54, 1.807) is 11.3 Å². The molecule has 1 N–H and O–H groups in total. The van der Waals surface area contributed by atoms with Crippen molar-refractivity contribution in [1.29, 1.82) is 0 Å². The molecule has 0 fully saturated rings. The van der Waals surface area contributed by atoms with Crippen molar-refractivity contribution in [3.8, 4) is 0 Å². The van der Waals surface area contributed by atoms with Crippen molar-refractivity contribution >= 4 is 17.2 Å². The topological polar surface area (TPSA) is 42.7 Å². The van der Waals surface area contributed by atoms with Gasteiger partial charge in [-0.3, -0.25) is 4.68 Å². The number of hydrogen-bond acceptors (Lipinski definition) is 4. The SMILES string of the molecule is CC1=CC(c2nc(C)cs2)c2cnn(C)c2N1. The third-order valence-electron chi connectivity index (χ3n) is 2.94. The molecule has 1 aliphatic rings. The summed E-state index contributed by atoms with van der Waals surface area (Å²) in [5, 5.41) is 10.9. The minimum atomic E-state index is 0.235. The molecular formula is C12H14N4S. The average molecular weight is 246 g/mol. The molecule has 2 aromatic heterocycles. The number of aryl methyl sites for hydroxylation is 2. The Morgan fingerprint density at radius 1 is 1.41 bits per heavy atom. The minimum absolute atomic E-state index is 0.235. The Bertz CT molecular complexity index is 593. The number of rotatable bonds is 1. The maximum Gasteiger partial charge on any atom is 0.132 e. The first-order chi connectivity index (χ1) is 8.15. The van der Waals surface area contributed by atoms with Crippen molar-refractivity contribution in [3.05, 3.63) is 39.6 Å². The second-order valence-corrected chi connectivity index (χ2v) is 5.24. The number of nitrogens with one attached hydrogen (secondary N) is 1. The van der Waals surface area contributed by atoms with Gasteiger partial charge < -0.3 is 5.32 Å². The summed E-state index contributed by atoms with van der Waals surface area (Å²) in [5.74, 6) is 1.31. The van der Waals surface area contributed by atoms with Crippen molar-refractivity contribution in [2.24, 2.45) is 7.05 Å². The number of fused-ring (bicyclic) bond motifs is 1. The van der Waals surface area contributed by atoms with Gasteiger partial charge >= 0.3 is 0 Å². The zero-order valence-electron chi connectivity index (χ0n) is 10.1. The highest BCUT2D eigenvalue weighted by Crippen LogP contribution is 2.37. The van der Waals surface area contributed by atoms with Crippen LogP contribution in [-0.2, 0) is 7.05 Å². The minimum Gasteiger partial charge on any atom is -0.344 e. The molecule has 4 nitrogen and oxygen atoms in total. The maximum absolute atomic E-state index is 4.59. The number of nitrogens with zero attached hydrogens (tertiary/aromatic N) is 3. The molecule has 3 rings (SSSR count). The van der Waals surface area contributed by atoms with Crippen molar-refractivity contribution in [1.82, 2.24) is 14.8 Å². The molecule has 1 unspecified atom stereocenters. The summed E-state index contributed by atoms with van der Waals surface area (Å²) in [6, 6.07) is 0. The van der Waals surface area contributed by atoms with Gasteiger partial charge in [-0.2, -0.15) is 5.10 Å². The third kappa shape index (κ3) is 1.67. The smallest absolute Gasteiger partial charge is 0.132 e. The predicted octanol–water partition coefficient (Wildman–Crippen LogP) is 2.65. The molecule has 0 saturated heterocycles. The Labute approximate surface area is 104 Å². The van der Waals surface area contributed by atoms with Gasteiger partial charge in [-0.1, -0.05) is 6.08 Å². The molecule has 88 valence electrons. The van der Waals surface area contributed by atoms with Crippen LogP contribution >= 0.6 is 11.3 Å². The molecule has 0 amide bonds. The van der Waals surface area contributed by atoms with Crippen molar-refractivity contribution < 1.29 is 0 Å². The Morgan fingerprint density at radius 2 is 2.24 bits per heavy atom. The highest BCUT2D eigenvalue weighted by molar-refractivity contribution is 7.09. The van der Waals surface area contributed by atoms with Gasteiger partial charge in [-0.25, -0.2) is 4.98 Å². The van der Waals surface area contributed by atoms with Gasteiger partial charge in [0.25, 0.3) is 0 Å². The first kappa shape index (κ1) is 10.5. The molecular weight excluding hydrogens is 232 g/mol. The number of thiazole rings is 1. The lowest BCUT2D eigenvalue weighted by Crippen LogP contribution is -2.12. The van der Waals surface area contributed by atoms with Crippen molar-refractivity contribution in [2.75, 3.05) is 5.32 Å². The van der Waals surface area contributed by atoms with Gasteiger partial charge in [0, 0.05) is 29.4 Å². The van der Waals surface area contributed by atoms with E-state index in [-0.39, 0.29) is 5.92 Å². The van der Waals surface area contributed by atoms with E-state index in [0.717, 1.165) is 22.2 Å². The first-order valence-corrected chi connectivity index (χ1v) is 6.42. The Balaban J connectivity index is 2.12. The molecule has 0 saturated carbocycles. The molecule has 2 aromatic rings. The number of anilines is 1. The summed E-state index contributed by atoms with van der Waals surface area (Å²) in [4.78, 5) is 4.59. The molecule has 0 aromatic carbocycles. The van der Waals surface area contributed by atoms with Gasteiger partial charge in [-0.05, 0) is 13.8 Å². The fraction of sp³-hybridized carbons (Fsp3) is 0.333. The molecule has 1 aliphatic heterocycles. The van der Waals surface area contributed by atoms with E-state index < -0.39 is 0 Å². The zero-order chi connectivity index (χ0) is 12.0. The second-order valence-electron chi connectivity index (χ2n) is 4.35. The van der Waals surface area contributed by atoms with Gasteiger partial charge in [0.05, 0.1) is 12.1 Å². The summed E-state index contributed by atoms with van der Waals surface area (Å²) in [5.41, 5.74) is 3.44. The summed E-state index contributed by atoms with van der Waals surface area (Å²) < 4.78 is 1.87. The summed E-state index contributed by atoms with van der Waals surface area (Å²) in [7, 11) is 1.95. The zero-order valence-corrected chi connectivity index (χ0v) is 10.9. The highest BCUT2D eigenvalue weighted by Gasteiger charge is 2.25. The van der Waals surface area contributed by atoms with Crippen LogP contribution in [0.3, 0.4) is 0 Å². The van der Waals surface area contributed by atoms with Gasteiger partial charge in [-0.15, -0.1) is 11.3 Å².